The van der Waals surface area contributed by atoms with Crippen LogP contribution in [0, 0.1) is 11.3 Å². The van der Waals surface area contributed by atoms with Gasteiger partial charge in [-0.1, -0.05) is 18.2 Å². The van der Waals surface area contributed by atoms with Crippen molar-refractivity contribution in [2.24, 2.45) is 0 Å². The van der Waals surface area contributed by atoms with Gasteiger partial charge < -0.3 is 15.5 Å². The van der Waals surface area contributed by atoms with Gasteiger partial charge in [0.15, 0.2) is 0 Å². The van der Waals surface area contributed by atoms with Gasteiger partial charge in [0.05, 0.1) is 11.3 Å². The number of carbonyl (C=O) groups excluding carboxylic acids is 2. The van der Waals surface area contributed by atoms with Crippen LogP contribution in [0.2, 0.25) is 0 Å². The van der Waals surface area contributed by atoms with Gasteiger partial charge in [0.1, 0.15) is 12.1 Å². The van der Waals surface area contributed by atoms with Crippen molar-refractivity contribution in [3.8, 4) is 6.07 Å². The van der Waals surface area contributed by atoms with E-state index in [4.69, 9.17) is 5.26 Å². The Balaban J connectivity index is 1.68. The second-order valence-corrected chi connectivity index (χ2v) is 6.21. The van der Waals surface area contributed by atoms with Crippen molar-refractivity contribution in [2.45, 2.75) is 25.8 Å². The van der Waals surface area contributed by atoms with Crippen molar-refractivity contribution in [3.05, 3.63) is 54.1 Å². The summed E-state index contributed by atoms with van der Waals surface area (Å²) in [6.07, 6.45) is 1.45. The summed E-state index contributed by atoms with van der Waals surface area (Å²) < 4.78 is 0. The normalized spacial score (nSPS) is 14.6. The molecule has 2 N–H and O–H groups in total. The SMILES string of the molecule is C[C@H](Nc1cccc(N2CCCC2=O)c1)C(=O)Nc1ccccc1C#N. The Hall–Kier alpha value is -3.33. The molecule has 6 nitrogen and oxygen atoms in total. The van der Waals surface area contributed by atoms with Crippen LogP contribution in [0.3, 0.4) is 0 Å². The summed E-state index contributed by atoms with van der Waals surface area (Å²) in [5.74, 6) is -0.114. The molecular formula is C20H20N4O2. The number of hydrogen-bond acceptors (Lipinski definition) is 4. The Morgan fingerprint density at radius 1 is 1.23 bits per heavy atom. The number of para-hydroxylation sites is 1. The maximum Gasteiger partial charge on any atom is 0.246 e. The molecule has 2 amide bonds. The van der Waals surface area contributed by atoms with Gasteiger partial charge in [-0.2, -0.15) is 5.26 Å². The number of rotatable bonds is 5. The predicted molar refractivity (Wildman–Crippen MR) is 101 cm³/mol. The molecule has 0 saturated carbocycles. The first-order valence-electron chi connectivity index (χ1n) is 8.55. The van der Waals surface area contributed by atoms with Crippen LogP contribution in [-0.4, -0.2) is 24.4 Å². The third-order valence-electron chi connectivity index (χ3n) is 4.31. The number of nitrogens with one attached hydrogen (secondary N) is 2. The molecule has 132 valence electrons. The van der Waals surface area contributed by atoms with Gasteiger partial charge in [-0.05, 0) is 43.7 Å². The lowest BCUT2D eigenvalue weighted by Gasteiger charge is -2.19. The minimum Gasteiger partial charge on any atom is -0.374 e. The van der Waals surface area contributed by atoms with Crippen LogP contribution in [-0.2, 0) is 9.59 Å². The summed E-state index contributed by atoms with van der Waals surface area (Å²) in [7, 11) is 0. The van der Waals surface area contributed by atoms with Crippen molar-refractivity contribution < 1.29 is 9.59 Å². The fourth-order valence-corrected chi connectivity index (χ4v) is 2.93. The quantitative estimate of drug-likeness (QED) is 0.869. The molecule has 0 radical (unpaired) electrons. The van der Waals surface area contributed by atoms with Gasteiger partial charge in [0.2, 0.25) is 11.8 Å². The van der Waals surface area contributed by atoms with E-state index in [1.54, 1.807) is 36.1 Å². The molecule has 0 bridgehead atoms. The molecule has 1 heterocycles. The maximum atomic E-state index is 12.4. The van der Waals surface area contributed by atoms with Gasteiger partial charge in [-0.15, -0.1) is 0 Å². The molecule has 1 aliphatic rings. The second-order valence-electron chi connectivity index (χ2n) is 6.21. The Bertz CT molecular complexity index is 872. The number of carbonyl (C=O) groups is 2. The van der Waals surface area contributed by atoms with E-state index in [2.05, 4.69) is 16.7 Å². The Labute approximate surface area is 152 Å². The average molecular weight is 348 g/mol. The average Bonchev–Trinajstić information content (AvgIpc) is 3.08. The monoisotopic (exact) mass is 348 g/mol. The molecule has 2 aromatic carbocycles. The minimum atomic E-state index is -0.508. The molecule has 1 fully saturated rings. The number of hydrogen-bond donors (Lipinski definition) is 2. The predicted octanol–water partition coefficient (Wildman–Crippen LogP) is 3.12. The molecule has 1 saturated heterocycles. The van der Waals surface area contributed by atoms with E-state index in [0.717, 1.165) is 24.3 Å². The minimum absolute atomic E-state index is 0.126. The van der Waals surface area contributed by atoms with E-state index >= 15 is 0 Å². The largest absolute Gasteiger partial charge is 0.374 e. The molecule has 0 aliphatic carbocycles. The molecule has 26 heavy (non-hydrogen) atoms. The Morgan fingerprint density at radius 2 is 2.04 bits per heavy atom. The highest BCUT2D eigenvalue weighted by atomic mass is 16.2. The van der Waals surface area contributed by atoms with Gasteiger partial charge in [0.25, 0.3) is 0 Å². The van der Waals surface area contributed by atoms with Crippen LogP contribution in [0.1, 0.15) is 25.3 Å². The van der Waals surface area contributed by atoms with Crippen molar-refractivity contribution in [3.63, 3.8) is 0 Å². The van der Waals surface area contributed by atoms with Gasteiger partial charge in [-0.25, -0.2) is 0 Å². The van der Waals surface area contributed by atoms with E-state index in [0.29, 0.717) is 17.7 Å². The standard InChI is InChI=1S/C20H20N4O2/c1-14(20(26)23-18-9-3-2-6-15(18)13-21)22-16-7-4-8-17(12-16)24-11-5-10-19(24)25/h2-4,6-9,12,14,22H,5,10-11H2,1H3,(H,23,26)/t14-/m0/s1. The molecule has 0 unspecified atom stereocenters. The third kappa shape index (κ3) is 3.83. The van der Waals surface area contributed by atoms with Gasteiger partial charge >= 0.3 is 0 Å². The highest BCUT2D eigenvalue weighted by molar-refractivity contribution is 5.98. The fraction of sp³-hybridized carbons (Fsp3) is 0.250. The number of nitrogens with zero attached hydrogens (tertiary/aromatic N) is 2. The molecule has 3 rings (SSSR count). The zero-order chi connectivity index (χ0) is 18.5. The molecule has 0 spiro atoms. The first kappa shape index (κ1) is 17.5. The summed E-state index contributed by atoms with van der Waals surface area (Å²) in [6.45, 7) is 2.47. The summed E-state index contributed by atoms with van der Waals surface area (Å²) >= 11 is 0. The highest BCUT2D eigenvalue weighted by Crippen LogP contribution is 2.24. The van der Waals surface area contributed by atoms with Crippen LogP contribution in [0.15, 0.2) is 48.5 Å². The van der Waals surface area contributed by atoms with E-state index in [9.17, 15) is 9.59 Å². The smallest absolute Gasteiger partial charge is 0.246 e. The molecule has 2 aromatic rings. The molecular weight excluding hydrogens is 328 g/mol. The molecule has 1 atom stereocenters. The van der Waals surface area contributed by atoms with Crippen molar-refractivity contribution in [1.82, 2.24) is 0 Å². The number of benzene rings is 2. The summed E-state index contributed by atoms with van der Waals surface area (Å²) in [5.41, 5.74) is 2.51. The van der Waals surface area contributed by atoms with Gasteiger partial charge in [0, 0.05) is 24.3 Å². The summed E-state index contributed by atoms with van der Waals surface area (Å²) in [4.78, 5) is 26.1. The van der Waals surface area contributed by atoms with Crippen molar-refractivity contribution in [1.29, 1.82) is 5.26 Å². The summed E-state index contributed by atoms with van der Waals surface area (Å²) in [5, 5.41) is 15.0. The Morgan fingerprint density at radius 3 is 2.77 bits per heavy atom. The molecule has 1 aliphatic heterocycles. The molecule has 0 aromatic heterocycles. The van der Waals surface area contributed by atoms with Crippen molar-refractivity contribution >= 4 is 28.9 Å². The number of amides is 2. The zero-order valence-electron chi connectivity index (χ0n) is 14.5. The van der Waals surface area contributed by atoms with Gasteiger partial charge in [-0.3, -0.25) is 9.59 Å². The first-order valence-corrected chi connectivity index (χ1v) is 8.55. The van der Waals surface area contributed by atoms with Crippen molar-refractivity contribution in [2.75, 3.05) is 22.1 Å². The maximum absolute atomic E-state index is 12.4. The third-order valence-corrected chi connectivity index (χ3v) is 4.31. The van der Waals surface area contributed by atoms with Crippen LogP contribution in [0.4, 0.5) is 17.1 Å². The van der Waals surface area contributed by atoms with Crippen LogP contribution >= 0.6 is 0 Å². The topological polar surface area (TPSA) is 85.2 Å². The van der Waals surface area contributed by atoms with E-state index in [1.165, 1.54) is 0 Å². The summed E-state index contributed by atoms with van der Waals surface area (Å²) in [6, 6.07) is 15.9. The highest BCUT2D eigenvalue weighted by Gasteiger charge is 2.22. The second kappa shape index (κ2) is 7.70. The zero-order valence-corrected chi connectivity index (χ0v) is 14.5. The number of nitriles is 1. The number of anilines is 3. The Kier molecular flexibility index (Phi) is 5.18. The first-order chi connectivity index (χ1) is 12.6. The lowest BCUT2D eigenvalue weighted by atomic mass is 10.2. The van der Waals surface area contributed by atoms with E-state index in [1.807, 2.05) is 24.3 Å². The lowest BCUT2D eigenvalue weighted by molar-refractivity contribution is -0.117. The van der Waals surface area contributed by atoms with E-state index in [-0.39, 0.29) is 11.8 Å². The van der Waals surface area contributed by atoms with Crippen LogP contribution in [0.5, 0.6) is 0 Å². The fourth-order valence-electron chi connectivity index (χ4n) is 2.93. The van der Waals surface area contributed by atoms with Crippen LogP contribution in [0.25, 0.3) is 0 Å². The molecule has 6 heteroatoms. The van der Waals surface area contributed by atoms with E-state index < -0.39 is 6.04 Å². The lowest BCUT2D eigenvalue weighted by Crippen LogP contribution is -2.32. The van der Waals surface area contributed by atoms with Crippen LogP contribution < -0.4 is 15.5 Å².